The third-order valence-corrected chi connectivity index (χ3v) is 5.67. The number of carbonyl (C=O) groups is 2. The third-order valence-electron chi connectivity index (χ3n) is 5.67. The van der Waals surface area contributed by atoms with E-state index in [-0.39, 0.29) is 23.6 Å². The van der Waals surface area contributed by atoms with E-state index in [2.05, 4.69) is 5.32 Å². The summed E-state index contributed by atoms with van der Waals surface area (Å²) in [7, 11) is 0. The molecular weight excluding hydrogens is 392 g/mol. The highest BCUT2D eigenvalue weighted by Crippen LogP contribution is 2.21. The fraction of sp³-hybridized carbons (Fsp3) is 0.280. The van der Waals surface area contributed by atoms with Crippen LogP contribution in [0.15, 0.2) is 66.7 Å². The van der Waals surface area contributed by atoms with Crippen molar-refractivity contribution in [2.45, 2.75) is 31.9 Å². The van der Waals surface area contributed by atoms with E-state index in [1.165, 1.54) is 12.1 Å². The minimum atomic E-state index is -0.619. The van der Waals surface area contributed by atoms with Gasteiger partial charge in [0.2, 0.25) is 0 Å². The van der Waals surface area contributed by atoms with Crippen molar-refractivity contribution < 1.29 is 19.4 Å². The Balaban J connectivity index is 1.31. The summed E-state index contributed by atoms with van der Waals surface area (Å²) in [4.78, 5) is 27.4. The van der Waals surface area contributed by atoms with Crippen LogP contribution in [0.2, 0.25) is 0 Å². The van der Waals surface area contributed by atoms with Gasteiger partial charge in [-0.3, -0.25) is 9.59 Å². The quantitative estimate of drug-likeness (QED) is 0.662. The summed E-state index contributed by atoms with van der Waals surface area (Å²) < 4.78 is 5.70. The van der Waals surface area contributed by atoms with Crippen LogP contribution >= 0.6 is 0 Å². The molecule has 1 heterocycles. The van der Waals surface area contributed by atoms with Crippen LogP contribution in [-0.4, -0.2) is 47.1 Å². The molecule has 31 heavy (non-hydrogen) atoms. The van der Waals surface area contributed by atoms with Crippen LogP contribution in [0.25, 0.3) is 10.8 Å². The van der Waals surface area contributed by atoms with E-state index in [0.717, 1.165) is 10.8 Å². The molecule has 0 aromatic heterocycles. The molecule has 0 radical (unpaired) electrons. The number of piperidine rings is 1. The molecule has 2 amide bonds. The average molecular weight is 418 g/mol. The highest BCUT2D eigenvalue weighted by molar-refractivity contribution is 6.07. The second-order valence-electron chi connectivity index (χ2n) is 7.85. The lowest BCUT2D eigenvalue weighted by atomic mass is 10.0. The molecular formula is C25H26N2O4. The summed E-state index contributed by atoms with van der Waals surface area (Å²) in [5.74, 6) is 0.535. The largest absolute Gasteiger partial charge is 0.508 e. The lowest BCUT2D eigenvalue weighted by Gasteiger charge is -2.34. The Hall–Kier alpha value is -3.54. The highest BCUT2D eigenvalue weighted by Gasteiger charge is 2.28. The lowest BCUT2D eigenvalue weighted by Crippen LogP contribution is -2.49. The number of amides is 2. The summed E-state index contributed by atoms with van der Waals surface area (Å²) >= 11 is 0. The van der Waals surface area contributed by atoms with Gasteiger partial charge in [-0.05, 0) is 60.9 Å². The Bertz CT molecular complexity index is 1070. The maximum atomic E-state index is 12.8. The van der Waals surface area contributed by atoms with Gasteiger partial charge in [0.15, 0.2) is 6.10 Å². The van der Waals surface area contributed by atoms with Crippen molar-refractivity contribution >= 4 is 22.6 Å². The highest BCUT2D eigenvalue weighted by atomic mass is 16.5. The normalized spacial score (nSPS) is 15.5. The number of fused-ring (bicyclic) bond motifs is 1. The number of nitrogens with zero attached hydrogens (tertiary/aromatic N) is 1. The zero-order chi connectivity index (χ0) is 21.8. The van der Waals surface area contributed by atoms with Crippen molar-refractivity contribution in [1.82, 2.24) is 10.2 Å². The first-order valence-corrected chi connectivity index (χ1v) is 10.5. The smallest absolute Gasteiger partial charge is 0.263 e. The molecule has 0 saturated carbocycles. The molecule has 1 fully saturated rings. The van der Waals surface area contributed by atoms with E-state index in [0.29, 0.717) is 37.2 Å². The average Bonchev–Trinajstić information content (AvgIpc) is 2.80. The summed E-state index contributed by atoms with van der Waals surface area (Å²) in [6.07, 6.45) is 0.786. The first-order chi connectivity index (χ1) is 15.0. The lowest BCUT2D eigenvalue weighted by molar-refractivity contribution is -0.139. The Morgan fingerprint density at radius 1 is 1.00 bits per heavy atom. The molecule has 160 valence electrons. The van der Waals surface area contributed by atoms with Crippen molar-refractivity contribution in [2.24, 2.45) is 0 Å². The summed E-state index contributed by atoms with van der Waals surface area (Å²) in [5.41, 5.74) is 0.674. The fourth-order valence-corrected chi connectivity index (χ4v) is 3.97. The first-order valence-electron chi connectivity index (χ1n) is 10.5. The van der Waals surface area contributed by atoms with Gasteiger partial charge in [0.25, 0.3) is 11.8 Å². The van der Waals surface area contributed by atoms with E-state index >= 15 is 0 Å². The van der Waals surface area contributed by atoms with Crippen molar-refractivity contribution in [3.63, 3.8) is 0 Å². The van der Waals surface area contributed by atoms with Gasteiger partial charge in [0.05, 0.1) is 0 Å². The number of phenolic OH excluding ortho intramolecular Hbond substituents is 1. The van der Waals surface area contributed by atoms with Crippen LogP contribution in [0.5, 0.6) is 11.5 Å². The number of ether oxygens (including phenoxy) is 1. The number of hydrogen-bond donors (Lipinski definition) is 2. The van der Waals surface area contributed by atoms with Crippen molar-refractivity contribution in [1.29, 1.82) is 0 Å². The standard InChI is InChI=1S/C25H26N2O4/c1-17(31-21-11-9-20(28)10-12-21)25(30)27-15-13-19(14-16-27)26-24(29)23-8-4-6-18-5-2-3-7-22(18)23/h2-12,17,19,28H,13-16H2,1H3,(H,26,29). The molecule has 3 aromatic rings. The Kier molecular flexibility index (Phi) is 6.07. The van der Waals surface area contributed by atoms with Crippen molar-refractivity contribution in [2.75, 3.05) is 13.1 Å². The van der Waals surface area contributed by atoms with Gasteiger partial charge in [-0.25, -0.2) is 0 Å². The molecule has 1 atom stereocenters. The predicted octanol–water partition coefficient (Wildman–Crippen LogP) is 3.73. The molecule has 6 nitrogen and oxygen atoms in total. The molecule has 3 aromatic carbocycles. The number of carbonyl (C=O) groups excluding carboxylic acids is 2. The number of benzene rings is 3. The number of hydrogen-bond acceptors (Lipinski definition) is 4. The van der Waals surface area contributed by atoms with Crippen LogP contribution in [0.3, 0.4) is 0 Å². The number of likely N-dealkylation sites (tertiary alicyclic amines) is 1. The topological polar surface area (TPSA) is 78.9 Å². The molecule has 0 aliphatic carbocycles. The Labute approximate surface area is 181 Å². The van der Waals surface area contributed by atoms with Gasteiger partial charge in [0, 0.05) is 24.7 Å². The number of aromatic hydroxyl groups is 1. The van der Waals surface area contributed by atoms with Gasteiger partial charge in [-0.15, -0.1) is 0 Å². The SMILES string of the molecule is CC(Oc1ccc(O)cc1)C(=O)N1CCC(NC(=O)c2cccc3ccccc23)CC1. The fourth-order valence-electron chi connectivity index (χ4n) is 3.97. The number of nitrogens with one attached hydrogen (secondary N) is 1. The number of phenols is 1. The monoisotopic (exact) mass is 418 g/mol. The summed E-state index contributed by atoms with van der Waals surface area (Å²) in [5, 5.41) is 14.5. The molecule has 0 spiro atoms. The summed E-state index contributed by atoms with van der Waals surface area (Å²) in [6, 6.07) is 19.9. The van der Waals surface area contributed by atoms with Gasteiger partial charge >= 0.3 is 0 Å². The van der Waals surface area contributed by atoms with Gasteiger partial charge in [-0.2, -0.15) is 0 Å². The van der Waals surface area contributed by atoms with Crippen molar-refractivity contribution in [3.8, 4) is 11.5 Å². The molecule has 2 N–H and O–H groups in total. The Morgan fingerprint density at radius 2 is 1.68 bits per heavy atom. The van der Waals surface area contributed by atoms with Crippen molar-refractivity contribution in [3.05, 3.63) is 72.3 Å². The summed E-state index contributed by atoms with van der Waals surface area (Å²) in [6.45, 7) is 2.87. The van der Waals surface area contributed by atoms with Gasteiger partial charge in [0.1, 0.15) is 11.5 Å². The van der Waals surface area contributed by atoms with Gasteiger partial charge < -0.3 is 20.1 Å². The third kappa shape index (κ3) is 4.79. The first kappa shape index (κ1) is 20.7. The van der Waals surface area contributed by atoms with Crippen LogP contribution in [0.4, 0.5) is 0 Å². The predicted molar refractivity (Wildman–Crippen MR) is 119 cm³/mol. The second kappa shape index (κ2) is 9.08. The molecule has 1 saturated heterocycles. The van der Waals surface area contributed by atoms with Crippen LogP contribution in [0.1, 0.15) is 30.1 Å². The zero-order valence-corrected chi connectivity index (χ0v) is 17.5. The molecule has 0 bridgehead atoms. The van der Waals surface area contributed by atoms with Crippen LogP contribution < -0.4 is 10.1 Å². The molecule has 6 heteroatoms. The minimum Gasteiger partial charge on any atom is -0.508 e. The maximum absolute atomic E-state index is 12.8. The molecule has 1 aliphatic heterocycles. The van der Waals surface area contributed by atoms with E-state index in [4.69, 9.17) is 4.74 Å². The maximum Gasteiger partial charge on any atom is 0.263 e. The number of rotatable bonds is 5. The van der Waals surface area contributed by atoms with E-state index in [1.54, 1.807) is 24.0 Å². The van der Waals surface area contributed by atoms with Gasteiger partial charge in [-0.1, -0.05) is 36.4 Å². The molecule has 4 rings (SSSR count). The zero-order valence-electron chi connectivity index (χ0n) is 17.5. The van der Waals surface area contributed by atoms with Crippen LogP contribution in [-0.2, 0) is 4.79 Å². The minimum absolute atomic E-state index is 0.0313. The molecule has 1 unspecified atom stereocenters. The van der Waals surface area contributed by atoms with E-state index in [1.807, 2.05) is 42.5 Å². The second-order valence-corrected chi connectivity index (χ2v) is 7.85. The Morgan fingerprint density at radius 3 is 2.42 bits per heavy atom. The molecule has 1 aliphatic rings. The van der Waals surface area contributed by atoms with E-state index in [9.17, 15) is 14.7 Å². The van der Waals surface area contributed by atoms with Crippen LogP contribution in [0, 0.1) is 0 Å². The van der Waals surface area contributed by atoms with E-state index < -0.39 is 6.10 Å².